The summed E-state index contributed by atoms with van der Waals surface area (Å²) in [7, 11) is -13.6. The molecule has 400 valence electrons. The summed E-state index contributed by atoms with van der Waals surface area (Å²) in [6, 6.07) is 0.990. The molecule has 13 N–H and O–H groups in total. The molecule has 5 aromatic rings. The van der Waals surface area contributed by atoms with E-state index in [9.17, 15) is 62.9 Å². The van der Waals surface area contributed by atoms with Crippen molar-refractivity contribution in [2.24, 2.45) is 18.9 Å². The van der Waals surface area contributed by atoms with Gasteiger partial charge >= 0.3 is 34.8 Å². The summed E-state index contributed by atoms with van der Waals surface area (Å²) in [6.07, 6.45) is -9.69. The number of hydrogen-bond donors (Lipinski definition) is 11. The first-order valence-corrected chi connectivity index (χ1v) is 25.9. The number of phosphoric acid groups is 3. The Labute approximate surface area is 407 Å². The van der Waals surface area contributed by atoms with Crippen molar-refractivity contribution >= 4 is 63.5 Å². The summed E-state index contributed by atoms with van der Waals surface area (Å²) >= 11 is 0. The lowest BCUT2D eigenvalue weighted by Crippen LogP contribution is -2.45. The second kappa shape index (κ2) is 21.2. The molecular weight excluding hydrogens is 1050 g/mol. The van der Waals surface area contributed by atoms with Crippen LogP contribution >= 0.6 is 23.5 Å². The molecule has 8 rings (SSSR count). The molecule has 3 unspecified atom stereocenters. The maximum Gasteiger partial charge on any atom is 0.490 e. The van der Waals surface area contributed by atoms with Gasteiger partial charge in [-0.2, -0.15) is 8.62 Å². The highest BCUT2D eigenvalue weighted by Crippen LogP contribution is 2.68. The zero-order chi connectivity index (χ0) is 52.9. The number of anilines is 2. The number of nitrogens with zero attached hydrogens (tertiary/aromatic N) is 8. The molecule has 8 heterocycles. The number of hydrogen-bond acceptors (Lipinski definition) is 25. The van der Waals surface area contributed by atoms with Crippen molar-refractivity contribution in [3.05, 3.63) is 62.4 Å². The quantitative estimate of drug-likeness (QED) is 0.0259. The van der Waals surface area contributed by atoms with E-state index < -0.39 is 146 Å². The second-order valence-electron chi connectivity index (χ2n) is 16.7. The van der Waals surface area contributed by atoms with E-state index in [4.69, 9.17) is 44.2 Å². The lowest BCUT2D eigenvalue weighted by atomic mass is 9.93. The van der Waals surface area contributed by atoms with Crippen LogP contribution in [0.25, 0.3) is 22.3 Å². The van der Waals surface area contributed by atoms with Crippen molar-refractivity contribution in [3.63, 3.8) is 0 Å². The van der Waals surface area contributed by atoms with Crippen molar-refractivity contribution in [2.75, 3.05) is 52.1 Å². The molecule has 3 fully saturated rings. The Kier molecular flexibility index (Phi) is 15.7. The fourth-order valence-electron chi connectivity index (χ4n) is 8.71. The average Bonchev–Trinajstić information content (AvgIpc) is 4.10. The number of amides is 1. The zero-order valence-electron chi connectivity index (χ0n) is 38.1. The molecule has 15 atom stereocenters. The third-order valence-electron chi connectivity index (χ3n) is 12.0. The van der Waals surface area contributed by atoms with Gasteiger partial charge in [0, 0.05) is 51.3 Å². The summed E-state index contributed by atoms with van der Waals surface area (Å²) in [6.45, 7) is -2.62. The Balaban J connectivity index is 0.925. The summed E-state index contributed by atoms with van der Waals surface area (Å²) in [4.78, 5) is 102. The molecule has 38 heteroatoms. The summed E-state index contributed by atoms with van der Waals surface area (Å²) in [5.74, 6) is -3.19. The van der Waals surface area contributed by atoms with Crippen LogP contribution in [0, 0.1) is 11.8 Å². The number of nitrogens with two attached hydrogens (primary N) is 2. The van der Waals surface area contributed by atoms with E-state index in [1.807, 2.05) is 4.98 Å². The number of fused-ring (bicyclic) bond motifs is 2. The van der Waals surface area contributed by atoms with Crippen molar-refractivity contribution in [1.82, 2.24) is 48.9 Å². The molecule has 0 aromatic carbocycles. The van der Waals surface area contributed by atoms with Crippen LogP contribution in [-0.4, -0.2) is 163 Å². The van der Waals surface area contributed by atoms with Crippen LogP contribution < -0.4 is 38.2 Å². The summed E-state index contributed by atoms with van der Waals surface area (Å²) < 4.78 is 91.4. The SMILES string of the molecule is COC[C@H]1[C@@H](O)[C@H]([n+]2cn(C)c3c(=O)[nH]c(N)nc32)O[C@@H]1COP(=O)(O)OP(=O)(O)OP(=O)(O)OC[C@H]1O[C@@H](n2cnc3c(N)ncnc32)[C@H](OC)[C@@H]1CC(=O)NC[C@H]1O[C@@H](n2ccc(=O)[nH]c2=O)[C@H](O)[C@@H]1O. The monoisotopic (exact) mass is 1100 g/mol. The molecule has 73 heavy (non-hydrogen) atoms. The van der Waals surface area contributed by atoms with Crippen LogP contribution in [0.2, 0.25) is 0 Å². The predicted molar refractivity (Wildman–Crippen MR) is 238 cm³/mol. The fraction of sp³-hybridized carbons (Fsp3) is 0.571. The van der Waals surface area contributed by atoms with Crippen molar-refractivity contribution < 1.29 is 94.4 Å². The van der Waals surface area contributed by atoms with E-state index in [0.29, 0.717) is 0 Å². The molecule has 0 saturated carbocycles. The van der Waals surface area contributed by atoms with Crippen LogP contribution in [0.3, 0.4) is 0 Å². The molecule has 0 radical (unpaired) electrons. The predicted octanol–water partition coefficient (Wildman–Crippen LogP) is -4.35. The number of nitrogen functional groups attached to an aromatic ring is 2. The first kappa shape index (κ1) is 54.0. The van der Waals surface area contributed by atoms with E-state index in [-0.39, 0.29) is 40.7 Å². The highest BCUT2D eigenvalue weighted by Gasteiger charge is 2.52. The zero-order valence-corrected chi connectivity index (χ0v) is 40.8. The molecule has 3 aliphatic heterocycles. The maximum absolute atomic E-state index is 13.6. The van der Waals surface area contributed by atoms with E-state index >= 15 is 0 Å². The Morgan fingerprint density at radius 3 is 2.18 bits per heavy atom. The van der Waals surface area contributed by atoms with Gasteiger partial charge in [-0.25, -0.2) is 38.0 Å². The van der Waals surface area contributed by atoms with Crippen LogP contribution in [0.1, 0.15) is 25.1 Å². The van der Waals surface area contributed by atoms with Gasteiger partial charge in [0.2, 0.25) is 17.7 Å². The van der Waals surface area contributed by atoms with Gasteiger partial charge in [0.05, 0.1) is 45.4 Å². The smallest absolute Gasteiger partial charge is 0.387 e. The largest absolute Gasteiger partial charge is 0.490 e. The van der Waals surface area contributed by atoms with Crippen molar-refractivity contribution in [1.29, 1.82) is 0 Å². The van der Waals surface area contributed by atoms with Gasteiger partial charge < -0.3 is 70.5 Å². The minimum atomic E-state index is -6.09. The van der Waals surface area contributed by atoms with Crippen LogP contribution in [0.15, 0.2) is 45.6 Å². The van der Waals surface area contributed by atoms with Crippen molar-refractivity contribution in [3.8, 4) is 0 Å². The first-order chi connectivity index (χ1) is 34.4. The third kappa shape index (κ3) is 11.4. The molecule has 3 aliphatic rings. The van der Waals surface area contributed by atoms with Gasteiger partial charge in [0.1, 0.15) is 42.4 Å². The van der Waals surface area contributed by atoms with Crippen LogP contribution in [0.4, 0.5) is 11.8 Å². The number of aliphatic hydroxyl groups excluding tert-OH is 3. The van der Waals surface area contributed by atoms with Gasteiger partial charge in [-0.1, -0.05) is 4.98 Å². The van der Waals surface area contributed by atoms with Gasteiger partial charge in [-0.3, -0.25) is 47.1 Å². The number of ether oxygens (including phenoxy) is 5. The normalized spacial score (nSPS) is 29.9. The second-order valence-corrected chi connectivity index (χ2v) is 21.3. The Hall–Kier alpha value is -5.26. The number of aliphatic hydroxyl groups is 3. The van der Waals surface area contributed by atoms with E-state index in [1.54, 1.807) is 0 Å². The minimum Gasteiger partial charge on any atom is -0.387 e. The van der Waals surface area contributed by atoms with Gasteiger partial charge in [-0.15, -0.1) is 0 Å². The topological polar surface area (TPSA) is 490 Å². The number of carbonyl (C=O) groups is 1. The van der Waals surface area contributed by atoms with Crippen LogP contribution in [-0.2, 0) is 66.9 Å². The molecular formula is C35H49N13O22P3+. The van der Waals surface area contributed by atoms with E-state index in [2.05, 4.69) is 38.9 Å². The molecule has 0 aliphatic carbocycles. The van der Waals surface area contributed by atoms with E-state index in [1.165, 1.54) is 47.6 Å². The molecule has 0 bridgehead atoms. The molecule has 1 amide bonds. The third-order valence-corrected chi connectivity index (χ3v) is 16.2. The maximum atomic E-state index is 13.6. The Bertz CT molecular complexity index is 3190. The van der Waals surface area contributed by atoms with Gasteiger partial charge in [0.25, 0.3) is 17.1 Å². The molecule has 35 nitrogen and oxygen atoms in total. The molecule has 5 aromatic heterocycles. The number of imidazole rings is 2. The number of aromatic nitrogens is 10. The number of nitrogens with one attached hydrogen (secondary N) is 3. The first-order valence-electron chi connectivity index (χ1n) is 21.4. The molecule has 3 saturated heterocycles. The lowest BCUT2D eigenvalue weighted by molar-refractivity contribution is -0.745. The Morgan fingerprint density at radius 1 is 0.849 bits per heavy atom. The number of rotatable bonds is 20. The summed E-state index contributed by atoms with van der Waals surface area (Å²) in [5.41, 5.74) is 9.74. The highest BCUT2D eigenvalue weighted by molar-refractivity contribution is 7.66. The van der Waals surface area contributed by atoms with Gasteiger partial charge in [0.15, 0.2) is 30.2 Å². The van der Waals surface area contributed by atoms with Gasteiger partial charge in [-0.05, 0) is 0 Å². The molecule has 0 spiro atoms. The van der Waals surface area contributed by atoms with Crippen LogP contribution in [0.5, 0.6) is 0 Å². The number of H-pyrrole nitrogens is 2. The van der Waals surface area contributed by atoms with E-state index in [0.717, 1.165) is 23.2 Å². The summed E-state index contributed by atoms with van der Waals surface area (Å²) in [5, 5.41) is 35.1. The number of methoxy groups -OCH3 is 2. The number of carbonyl (C=O) groups excluding carboxylic acids is 1. The lowest BCUT2D eigenvalue weighted by Gasteiger charge is -2.24. The highest BCUT2D eigenvalue weighted by atomic mass is 31.3. The standard InChI is InChI=1S/C35H48N13O22P3/c1-45-13-48(29-22(45)30(54)44-34(37)43-29)31-23(51)15(8-62-2)18(67-31)10-65-72(58,59)70-73(60,61)69-71(56,57)64-9-17-14(26(63-3)33(68-17)47-12-41-21-27(36)39-11-40-28(21)47)6-20(50)38-7-16-24(52)25(53)32(66-16)46-5-4-19(49)42-35(46)55/h4-5,11-18,23-26,31-33,51-53H,6-10H2,1-3H3,(H9-,36,37,38,39,40,42,43,44,49,50,54,55,56,57,58,59,60,61)/p+1/t14-,15-,16-,17-,18-,23-,24-,25-,26-,31-,32-,33-/m1/s1. The number of aromatic amines is 2. The average molecular weight is 1100 g/mol. The minimum absolute atomic E-state index is 0.00250. The number of phosphoric ester groups is 2. The Morgan fingerprint density at radius 2 is 1.52 bits per heavy atom. The fourth-order valence-corrected chi connectivity index (χ4v) is 12.2. The number of aryl methyl sites for hydroxylation is 1. The van der Waals surface area contributed by atoms with Crippen molar-refractivity contribution in [2.45, 2.75) is 67.8 Å².